The predicted octanol–water partition coefficient (Wildman–Crippen LogP) is 3.92. The van der Waals surface area contributed by atoms with Gasteiger partial charge in [-0.25, -0.2) is 9.37 Å². The third-order valence-electron chi connectivity index (χ3n) is 3.28. The van der Waals surface area contributed by atoms with Crippen molar-refractivity contribution in [3.05, 3.63) is 52.3 Å². The lowest BCUT2D eigenvalue weighted by Gasteiger charge is -2.21. The summed E-state index contributed by atoms with van der Waals surface area (Å²) in [5.74, 6) is 0.599. The van der Waals surface area contributed by atoms with Crippen LogP contribution in [-0.2, 0) is 13.1 Å². The Morgan fingerprint density at radius 3 is 2.67 bits per heavy atom. The van der Waals surface area contributed by atoms with Gasteiger partial charge in [-0.1, -0.05) is 17.7 Å². The zero-order valence-corrected chi connectivity index (χ0v) is 13.6. The highest BCUT2D eigenvalue weighted by Crippen LogP contribution is 2.20. The Bertz CT molecular complexity index is 629. The van der Waals surface area contributed by atoms with E-state index in [1.165, 1.54) is 12.1 Å². The second-order valence-electron chi connectivity index (χ2n) is 6.22. The Hall–Kier alpha value is -1.39. The minimum absolute atomic E-state index is 0.0382. The fourth-order valence-electron chi connectivity index (χ4n) is 2.05. The average molecular weight is 310 g/mol. The third kappa shape index (κ3) is 4.29. The number of nitrogens with zero attached hydrogens (tertiary/aromatic N) is 2. The van der Waals surface area contributed by atoms with E-state index in [0.29, 0.717) is 11.6 Å². The first-order valence-electron chi connectivity index (χ1n) is 6.96. The number of imidazole rings is 1. The molecule has 2 rings (SSSR count). The van der Waals surface area contributed by atoms with Crippen molar-refractivity contribution in [3.63, 3.8) is 0 Å². The molecule has 0 saturated carbocycles. The lowest BCUT2D eigenvalue weighted by molar-refractivity contribution is 0.416. The van der Waals surface area contributed by atoms with E-state index in [-0.39, 0.29) is 11.4 Å². The van der Waals surface area contributed by atoms with Crippen molar-refractivity contribution >= 4 is 11.6 Å². The molecule has 1 aromatic heterocycles. The minimum Gasteiger partial charge on any atom is -0.327 e. The van der Waals surface area contributed by atoms with Crippen LogP contribution < -0.4 is 5.32 Å². The molecule has 1 N–H and O–H groups in total. The third-order valence-corrected chi connectivity index (χ3v) is 3.63. The molecule has 114 valence electrons. The summed E-state index contributed by atoms with van der Waals surface area (Å²) < 4.78 is 15.2. The fraction of sp³-hybridized carbons (Fsp3) is 0.438. The number of halogens is 2. The zero-order chi connectivity index (χ0) is 15.6. The fourth-order valence-corrected chi connectivity index (χ4v) is 2.28. The predicted molar refractivity (Wildman–Crippen MR) is 84.1 cm³/mol. The molecule has 0 atom stereocenters. The molecule has 0 saturated heterocycles. The normalized spacial score (nSPS) is 11.9. The van der Waals surface area contributed by atoms with E-state index in [9.17, 15) is 4.39 Å². The molecule has 0 fully saturated rings. The van der Waals surface area contributed by atoms with Crippen molar-refractivity contribution in [3.8, 4) is 0 Å². The van der Waals surface area contributed by atoms with Crippen LogP contribution in [-0.4, -0.2) is 15.1 Å². The van der Waals surface area contributed by atoms with Crippen molar-refractivity contribution < 1.29 is 4.39 Å². The first-order valence-corrected chi connectivity index (χ1v) is 7.34. The summed E-state index contributed by atoms with van der Waals surface area (Å²) in [6, 6.07) is 4.49. The number of aromatic nitrogens is 2. The SMILES string of the molecule is Cc1ncc(CNC(C)(C)C)n1Cc1ccc(F)cc1Cl. The van der Waals surface area contributed by atoms with E-state index in [0.717, 1.165) is 23.6 Å². The van der Waals surface area contributed by atoms with E-state index in [1.807, 2.05) is 13.1 Å². The van der Waals surface area contributed by atoms with Crippen molar-refractivity contribution in [1.29, 1.82) is 0 Å². The lowest BCUT2D eigenvalue weighted by Crippen LogP contribution is -2.35. The van der Waals surface area contributed by atoms with Gasteiger partial charge in [0.05, 0.1) is 12.2 Å². The molecule has 1 aromatic carbocycles. The maximum absolute atomic E-state index is 13.1. The molecule has 0 amide bonds. The second-order valence-corrected chi connectivity index (χ2v) is 6.63. The van der Waals surface area contributed by atoms with Crippen LogP contribution in [0.1, 0.15) is 37.9 Å². The highest BCUT2D eigenvalue weighted by molar-refractivity contribution is 6.31. The quantitative estimate of drug-likeness (QED) is 0.927. The van der Waals surface area contributed by atoms with Crippen LogP contribution >= 0.6 is 11.6 Å². The highest BCUT2D eigenvalue weighted by Gasteiger charge is 2.13. The number of hydrogen-bond acceptors (Lipinski definition) is 2. The molecule has 0 spiro atoms. The van der Waals surface area contributed by atoms with Crippen LogP contribution in [0.15, 0.2) is 24.4 Å². The van der Waals surface area contributed by atoms with Gasteiger partial charge >= 0.3 is 0 Å². The number of nitrogens with one attached hydrogen (secondary N) is 1. The van der Waals surface area contributed by atoms with Crippen LogP contribution in [0.25, 0.3) is 0 Å². The first kappa shape index (κ1) is 16.0. The molecule has 0 aliphatic rings. The van der Waals surface area contributed by atoms with E-state index in [2.05, 4.69) is 35.6 Å². The number of aryl methyl sites for hydroxylation is 1. The Labute approximate surface area is 130 Å². The second kappa shape index (κ2) is 6.16. The van der Waals surface area contributed by atoms with Gasteiger partial charge in [0.1, 0.15) is 11.6 Å². The van der Waals surface area contributed by atoms with Gasteiger partial charge < -0.3 is 9.88 Å². The number of hydrogen-bond donors (Lipinski definition) is 1. The van der Waals surface area contributed by atoms with Crippen LogP contribution in [0.3, 0.4) is 0 Å². The summed E-state index contributed by atoms with van der Waals surface area (Å²) in [5, 5.41) is 3.89. The Morgan fingerprint density at radius 1 is 1.33 bits per heavy atom. The summed E-state index contributed by atoms with van der Waals surface area (Å²) in [7, 11) is 0. The molecular weight excluding hydrogens is 289 g/mol. The minimum atomic E-state index is -0.319. The van der Waals surface area contributed by atoms with Gasteiger partial charge in [0, 0.05) is 23.3 Å². The zero-order valence-electron chi connectivity index (χ0n) is 12.9. The smallest absolute Gasteiger partial charge is 0.124 e. The Kier molecular flexibility index (Phi) is 4.69. The summed E-state index contributed by atoms with van der Waals surface area (Å²) >= 11 is 6.11. The van der Waals surface area contributed by atoms with Gasteiger partial charge in [-0.05, 0) is 45.4 Å². The van der Waals surface area contributed by atoms with E-state index in [1.54, 1.807) is 6.07 Å². The monoisotopic (exact) mass is 309 g/mol. The van der Waals surface area contributed by atoms with Crippen molar-refractivity contribution in [2.75, 3.05) is 0 Å². The largest absolute Gasteiger partial charge is 0.327 e. The maximum Gasteiger partial charge on any atom is 0.124 e. The van der Waals surface area contributed by atoms with Crippen LogP contribution in [0, 0.1) is 12.7 Å². The van der Waals surface area contributed by atoms with Crippen LogP contribution in [0.5, 0.6) is 0 Å². The summed E-state index contributed by atoms with van der Waals surface area (Å²) in [6.07, 6.45) is 1.87. The molecule has 1 heterocycles. The van der Waals surface area contributed by atoms with E-state index >= 15 is 0 Å². The van der Waals surface area contributed by atoms with E-state index in [4.69, 9.17) is 11.6 Å². The van der Waals surface area contributed by atoms with Gasteiger partial charge in [0.15, 0.2) is 0 Å². The molecule has 0 radical (unpaired) electrons. The maximum atomic E-state index is 13.1. The molecule has 0 unspecified atom stereocenters. The standard InChI is InChI=1S/C16H21ClFN3/c1-11-19-8-14(9-20-16(2,3)4)21(11)10-12-5-6-13(18)7-15(12)17/h5-8,20H,9-10H2,1-4H3. The van der Waals surface area contributed by atoms with Crippen molar-refractivity contribution in [2.45, 2.75) is 46.3 Å². The first-order chi connectivity index (χ1) is 9.76. The molecule has 0 aliphatic heterocycles. The summed E-state index contributed by atoms with van der Waals surface area (Å²) in [6.45, 7) is 9.64. The van der Waals surface area contributed by atoms with Crippen molar-refractivity contribution in [2.24, 2.45) is 0 Å². The Morgan fingerprint density at radius 2 is 2.05 bits per heavy atom. The Balaban J connectivity index is 2.21. The van der Waals surface area contributed by atoms with Crippen molar-refractivity contribution in [1.82, 2.24) is 14.9 Å². The van der Waals surface area contributed by atoms with Gasteiger partial charge in [-0.2, -0.15) is 0 Å². The molecule has 21 heavy (non-hydrogen) atoms. The lowest BCUT2D eigenvalue weighted by atomic mass is 10.1. The molecule has 0 bridgehead atoms. The molecule has 2 aromatic rings. The van der Waals surface area contributed by atoms with Crippen LogP contribution in [0.4, 0.5) is 4.39 Å². The summed E-state index contributed by atoms with van der Waals surface area (Å²) in [4.78, 5) is 4.37. The highest BCUT2D eigenvalue weighted by atomic mass is 35.5. The van der Waals surface area contributed by atoms with Gasteiger partial charge in [0.2, 0.25) is 0 Å². The molecular formula is C16H21ClFN3. The summed E-state index contributed by atoms with van der Waals surface area (Å²) in [5.41, 5.74) is 2.01. The van der Waals surface area contributed by atoms with Crippen LogP contribution in [0.2, 0.25) is 5.02 Å². The van der Waals surface area contributed by atoms with Gasteiger partial charge in [0.25, 0.3) is 0 Å². The van der Waals surface area contributed by atoms with Gasteiger partial charge in [-0.3, -0.25) is 0 Å². The molecule has 3 nitrogen and oxygen atoms in total. The van der Waals surface area contributed by atoms with Gasteiger partial charge in [-0.15, -0.1) is 0 Å². The molecule has 0 aliphatic carbocycles. The molecule has 5 heteroatoms. The topological polar surface area (TPSA) is 29.9 Å². The van der Waals surface area contributed by atoms with E-state index < -0.39 is 0 Å². The number of rotatable bonds is 4. The average Bonchev–Trinajstić information content (AvgIpc) is 2.71. The number of benzene rings is 1.